The van der Waals surface area contributed by atoms with Crippen molar-refractivity contribution >= 4 is 11.9 Å². The summed E-state index contributed by atoms with van der Waals surface area (Å²) in [7, 11) is 0. The van der Waals surface area contributed by atoms with Crippen molar-refractivity contribution in [1.29, 1.82) is 0 Å². The van der Waals surface area contributed by atoms with Crippen LogP contribution in [0.1, 0.15) is 181 Å². The Morgan fingerprint density at radius 3 is 1.56 bits per heavy atom. The van der Waals surface area contributed by atoms with Crippen LogP contribution in [0.4, 0.5) is 0 Å². The lowest BCUT2D eigenvalue weighted by molar-refractivity contribution is -0.305. The van der Waals surface area contributed by atoms with Crippen molar-refractivity contribution < 1.29 is 49.0 Å². The van der Waals surface area contributed by atoms with Crippen molar-refractivity contribution in [2.45, 2.75) is 218 Å². The van der Waals surface area contributed by atoms with Crippen LogP contribution in [-0.2, 0) is 28.5 Å². The van der Waals surface area contributed by atoms with E-state index in [9.17, 15) is 30.0 Å². The van der Waals surface area contributed by atoms with Gasteiger partial charge in [0.25, 0.3) is 0 Å². The average Bonchev–Trinajstić information content (AvgIpc) is 3.18. The van der Waals surface area contributed by atoms with Crippen LogP contribution in [0.3, 0.4) is 0 Å². The summed E-state index contributed by atoms with van der Waals surface area (Å²) in [6, 6.07) is 0. The second kappa shape index (κ2) is 36.3. The highest BCUT2D eigenvalue weighted by Gasteiger charge is 2.44. The molecule has 6 atom stereocenters. The third kappa shape index (κ3) is 28.0. The quantitative estimate of drug-likeness (QED) is 0.0275. The number of aliphatic hydroxyl groups excluding tert-OH is 4. The van der Waals surface area contributed by atoms with Gasteiger partial charge < -0.3 is 39.4 Å². The molecule has 55 heavy (non-hydrogen) atoms. The van der Waals surface area contributed by atoms with E-state index in [0.29, 0.717) is 12.8 Å². The van der Waals surface area contributed by atoms with Crippen LogP contribution in [0.5, 0.6) is 0 Å². The summed E-state index contributed by atoms with van der Waals surface area (Å²) in [4.78, 5) is 25.3. The maximum Gasteiger partial charge on any atom is 0.306 e. The van der Waals surface area contributed by atoms with Crippen LogP contribution in [-0.4, -0.2) is 89.0 Å². The predicted octanol–water partition coefficient (Wildman–Crippen LogP) is 9.11. The van der Waals surface area contributed by atoms with Crippen molar-refractivity contribution in [3.05, 3.63) is 36.5 Å². The number of rotatable bonds is 36. The Labute approximate surface area is 334 Å². The zero-order valence-electron chi connectivity index (χ0n) is 34.7. The minimum atomic E-state index is -1.60. The highest BCUT2D eigenvalue weighted by atomic mass is 16.7. The third-order valence-electron chi connectivity index (χ3n) is 10.0. The monoisotopic (exact) mass is 781 g/mol. The number of carbonyl (C=O) groups is 2. The fraction of sp³-hybridized carbons (Fsp3) is 0.822. The van der Waals surface area contributed by atoms with Crippen LogP contribution in [0, 0.1) is 0 Å². The van der Waals surface area contributed by atoms with Gasteiger partial charge in [0.05, 0.1) is 13.2 Å². The summed E-state index contributed by atoms with van der Waals surface area (Å²) >= 11 is 0. The number of esters is 2. The minimum Gasteiger partial charge on any atom is -0.462 e. The van der Waals surface area contributed by atoms with Gasteiger partial charge in [0.1, 0.15) is 31.0 Å². The van der Waals surface area contributed by atoms with Gasteiger partial charge in [-0.05, 0) is 51.4 Å². The summed E-state index contributed by atoms with van der Waals surface area (Å²) in [5, 5.41) is 40.0. The lowest BCUT2D eigenvalue weighted by Crippen LogP contribution is -2.59. The maximum absolute atomic E-state index is 12.7. The normalized spacial score (nSPS) is 20.9. The largest absolute Gasteiger partial charge is 0.462 e. The van der Waals surface area contributed by atoms with Gasteiger partial charge in [-0.25, -0.2) is 0 Å². The first-order valence-corrected chi connectivity index (χ1v) is 22.1. The smallest absolute Gasteiger partial charge is 0.306 e. The van der Waals surface area contributed by atoms with Crippen molar-refractivity contribution in [2.75, 3.05) is 19.8 Å². The van der Waals surface area contributed by atoms with Crippen LogP contribution >= 0.6 is 0 Å². The van der Waals surface area contributed by atoms with Crippen molar-refractivity contribution in [3.8, 4) is 0 Å². The lowest BCUT2D eigenvalue weighted by Gasteiger charge is -2.39. The van der Waals surface area contributed by atoms with Gasteiger partial charge in [-0.1, -0.05) is 153 Å². The van der Waals surface area contributed by atoms with E-state index in [1.807, 2.05) is 0 Å². The van der Waals surface area contributed by atoms with E-state index in [1.54, 1.807) is 0 Å². The first-order chi connectivity index (χ1) is 26.8. The number of allylic oxidation sites excluding steroid dienone is 6. The van der Waals surface area contributed by atoms with Gasteiger partial charge >= 0.3 is 11.9 Å². The van der Waals surface area contributed by atoms with E-state index >= 15 is 0 Å². The molecule has 0 bridgehead atoms. The molecule has 0 aromatic heterocycles. The van der Waals surface area contributed by atoms with Crippen molar-refractivity contribution in [1.82, 2.24) is 0 Å². The van der Waals surface area contributed by atoms with Gasteiger partial charge in [0.15, 0.2) is 12.4 Å². The fourth-order valence-electron chi connectivity index (χ4n) is 6.49. The van der Waals surface area contributed by atoms with Gasteiger partial charge in [-0.15, -0.1) is 0 Å². The molecule has 0 aliphatic carbocycles. The topological polar surface area (TPSA) is 152 Å². The maximum atomic E-state index is 12.7. The van der Waals surface area contributed by atoms with E-state index in [1.165, 1.54) is 83.5 Å². The number of ether oxygens (including phenoxy) is 4. The number of unbranched alkanes of at least 4 members (excludes halogenated alkanes) is 19. The van der Waals surface area contributed by atoms with Crippen LogP contribution in [0.15, 0.2) is 36.5 Å². The molecule has 1 rings (SSSR count). The molecule has 320 valence electrons. The lowest BCUT2D eigenvalue weighted by atomic mass is 9.99. The Hall–Kier alpha value is -2.08. The van der Waals surface area contributed by atoms with Crippen LogP contribution in [0.25, 0.3) is 0 Å². The minimum absolute atomic E-state index is 0.227. The predicted molar refractivity (Wildman–Crippen MR) is 219 cm³/mol. The molecule has 1 fully saturated rings. The summed E-state index contributed by atoms with van der Waals surface area (Å²) in [6.07, 6.45) is 32.9. The van der Waals surface area contributed by atoms with E-state index in [2.05, 4.69) is 50.3 Å². The molecule has 0 aromatic rings. The molecule has 1 heterocycles. The van der Waals surface area contributed by atoms with E-state index in [-0.39, 0.29) is 26.1 Å². The second-order valence-corrected chi connectivity index (χ2v) is 15.2. The zero-order chi connectivity index (χ0) is 40.2. The molecule has 0 aromatic carbocycles. The Bertz CT molecular complexity index is 996. The molecule has 1 aliphatic rings. The highest BCUT2D eigenvalue weighted by Crippen LogP contribution is 2.22. The Kier molecular flexibility index (Phi) is 33.6. The third-order valence-corrected chi connectivity index (χ3v) is 10.0. The Morgan fingerprint density at radius 1 is 0.564 bits per heavy atom. The molecular formula is C45H80O10. The SMILES string of the molecule is CCCCC/C=C/C/C=C/C/C=C/CCCCCCC(=O)OC[C@@H](CO[C@H]1O[C@@H](CO)[C@@H](O)C(O)C1O)OC(=O)CCCCCCCCCCCCCCC. The Balaban J connectivity index is 2.35. The molecule has 0 spiro atoms. The molecule has 0 saturated carbocycles. The van der Waals surface area contributed by atoms with Crippen LogP contribution < -0.4 is 0 Å². The van der Waals surface area contributed by atoms with E-state index in [0.717, 1.165) is 57.8 Å². The molecule has 10 nitrogen and oxygen atoms in total. The summed E-state index contributed by atoms with van der Waals surface area (Å²) in [5.41, 5.74) is 0. The molecule has 1 aliphatic heterocycles. The number of aliphatic hydroxyl groups is 4. The molecule has 0 amide bonds. The highest BCUT2D eigenvalue weighted by molar-refractivity contribution is 5.70. The molecule has 4 N–H and O–H groups in total. The molecule has 10 heteroatoms. The zero-order valence-corrected chi connectivity index (χ0v) is 34.7. The Morgan fingerprint density at radius 2 is 1.02 bits per heavy atom. The van der Waals surface area contributed by atoms with Gasteiger partial charge in [0, 0.05) is 12.8 Å². The molecule has 0 radical (unpaired) electrons. The van der Waals surface area contributed by atoms with Gasteiger partial charge in [-0.3, -0.25) is 9.59 Å². The van der Waals surface area contributed by atoms with E-state index in [4.69, 9.17) is 18.9 Å². The van der Waals surface area contributed by atoms with Crippen LogP contribution in [0.2, 0.25) is 0 Å². The standard InChI is InChI=1S/C45H80O10/c1-3-5-7-9-11-13-15-17-18-19-20-22-23-25-27-29-31-33-40(47)52-36-38(37-53-45-44(51)43(50)42(49)39(35-46)55-45)54-41(48)34-32-30-28-26-24-21-16-14-12-10-8-6-4-2/h11,13,17-18,20,22,38-39,42-46,49-51H,3-10,12,14-16,19,21,23-37H2,1-2H3/b13-11+,18-17+,22-20+/t38-,39-,42+,43?,44?,45-/m0/s1. The van der Waals surface area contributed by atoms with E-state index < -0.39 is 55.4 Å². The molecule has 2 unspecified atom stereocenters. The molecular weight excluding hydrogens is 700 g/mol. The van der Waals surface area contributed by atoms with Crippen molar-refractivity contribution in [2.24, 2.45) is 0 Å². The first-order valence-electron chi connectivity index (χ1n) is 22.1. The fourth-order valence-corrected chi connectivity index (χ4v) is 6.49. The number of hydrogen-bond acceptors (Lipinski definition) is 10. The number of hydrogen-bond donors (Lipinski definition) is 4. The van der Waals surface area contributed by atoms with Crippen molar-refractivity contribution in [3.63, 3.8) is 0 Å². The summed E-state index contributed by atoms with van der Waals surface area (Å²) < 4.78 is 22.1. The average molecular weight is 781 g/mol. The molecule has 1 saturated heterocycles. The van der Waals surface area contributed by atoms with Gasteiger partial charge in [-0.2, -0.15) is 0 Å². The summed E-state index contributed by atoms with van der Waals surface area (Å²) in [5.74, 6) is -0.829. The second-order valence-electron chi connectivity index (χ2n) is 15.2. The van der Waals surface area contributed by atoms with Gasteiger partial charge in [0.2, 0.25) is 0 Å². The first kappa shape index (κ1) is 50.9. The summed E-state index contributed by atoms with van der Waals surface area (Å²) in [6.45, 7) is 3.37. The number of carbonyl (C=O) groups excluding carboxylic acids is 2.